The van der Waals surface area contributed by atoms with Crippen LogP contribution in [0, 0.1) is 0 Å². The average molecular weight is 245 g/mol. The minimum atomic E-state index is -0.245. The summed E-state index contributed by atoms with van der Waals surface area (Å²) in [4.78, 5) is 0. The van der Waals surface area contributed by atoms with E-state index in [0.29, 0.717) is 18.1 Å². The molecule has 0 heterocycles. The van der Waals surface area contributed by atoms with Gasteiger partial charge in [0.25, 0.3) is 0 Å². The van der Waals surface area contributed by atoms with Crippen LogP contribution in [0.2, 0.25) is 5.02 Å². The maximum atomic E-state index is 8.77. The molecule has 0 radical (unpaired) electrons. The Labute approximate surface area is 100 Å². The Hall–Kier alpha value is -0.810. The molecule has 1 atom stereocenters. The van der Waals surface area contributed by atoms with E-state index in [1.54, 1.807) is 13.2 Å². The molecule has 1 aromatic rings. The van der Waals surface area contributed by atoms with E-state index in [1.165, 1.54) is 0 Å². The van der Waals surface area contributed by atoms with Crippen molar-refractivity contribution in [3.63, 3.8) is 0 Å². The molecule has 0 bridgehead atoms. The minimum Gasteiger partial charge on any atom is -0.496 e. The van der Waals surface area contributed by atoms with Crippen molar-refractivity contribution in [2.75, 3.05) is 20.3 Å². The number of benzene rings is 1. The zero-order valence-electron chi connectivity index (χ0n) is 9.24. The Kier molecular flexibility index (Phi) is 5.55. The number of halogens is 1. The van der Waals surface area contributed by atoms with Crippen LogP contribution in [-0.2, 0) is 6.54 Å². The Balaban J connectivity index is 2.55. The van der Waals surface area contributed by atoms with Crippen LogP contribution in [0.25, 0.3) is 0 Å². The highest BCUT2D eigenvalue weighted by Crippen LogP contribution is 2.22. The van der Waals surface area contributed by atoms with E-state index in [0.717, 1.165) is 11.3 Å². The van der Waals surface area contributed by atoms with Gasteiger partial charge in [0.05, 0.1) is 13.7 Å². The molecule has 1 unspecified atom stereocenters. The molecule has 0 aliphatic rings. The molecule has 90 valence electrons. The van der Waals surface area contributed by atoms with Gasteiger partial charge in [0.1, 0.15) is 5.75 Å². The molecule has 0 amide bonds. The Morgan fingerprint density at radius 2 is 2.31 bits per heavy atom. The Bertz CT molecular complexity index is 334. The molecule has 5 heteroatoms. The predicted molar refractivity (Wildman–Crippen MR) is 64.8 cm³/mol. The van der Waals surface area contributed by atoms with Crippen molar-refractivity contribution < 1.29 is 9.84 Å². The van der Waals surface area contributed by atoms with Gasteiger partial charge >= 0.3 is 0 Å². The predicted octanol–water partition coefficient (Wildman–Crippen LogP) is 0.758. The average Bonchev–Trinajstić information content (AvgIpc) is 2.29. The van der Waals surface area contributed by atoms with Crippen molar-refractivity contribution in [3.05, 3.63) is 28.8 Å². The number of nitrogens with two attached hydrogens (primary N) is 1. The van der Waals surface area contributed by atoms with Crippen LogP contribution in [0.3, 0.4) is 0 Å². The molecule has 0 aromatic heterocycles. The number of nitrogens with one attached hydrogen (secondary N) is 1. The van der Waals surface area contributed by atoms with Gasteiger partial charge < -0.3 is 20.9 Å². The third-order valence-corrected chi connectivity index (χ3v) is 2.43. The van der Waals surface area contributed by atoms with Gasteiger partial charge in [0.2, 0.25) is 0 Å². The fraction of sp³-hybridized carbons (Fsp3) is 0.455. The second-order valence-electron chi connectivity index (χ2n) is 3.53. The second-order valence-corrected chi connectivity index (χ2v) is 3.97. The highest BCUT2D eigenvalue weighted by atomic mass is 35.5. The van der Waals surface area contributed by atoms with Gasteiger partial charge in [0.15, 0.2) is 0 Å². The lowest BCUT2D eigenvalue weighted by atomic mass is 10.2. The van der Waals surface area contributed by atoms with Gasteiger partial charge in [-0.3, -0.25) is 0 Å². The van der Waals surface area contributed by atoms with Crippen molar-refractivity contribution >= 4 is 11.6 Å². The van der Waals surface area contributed by atoms with Crippen LogP contribution in [-0.4, -0.2) is 31.4 Å². The standard InChI is InChI=1S/C11H17ClN2O2/c1-16-11-3-2-9(12)4-8(11)5-14-6-10(13)7-15/h2-4,10,14-15H,5-7,13H2,1H3. The van der Waals surface area contributed by atoms with Gasteiger partial charge in [-0.25, -0.2) is 0 Å². The fourth-order valence-corrected chi connectivity index (χ4v) is 1.54. The molecule has 0 aliphatic heterocycles. The summed E-state index contributed by atoms with van der Waals surface area (Å²) in [6.07, 6.45) is 0. The molecule has 1 aromatic carbocycles. The zero-order valence-corrected chi connectivity index (χ0v) is 10.00. The van der Waals surface area contributed by atoms with Gasteiger partial charge in [-0.05, 0) is 18.2 Å². The first-order valence-electron chi connectivity index (χ1n) is 5.07. The number of hydrogen-bond donors (Lipinski definition) is 3. The number of rotatable bonds is 6. The molecule has 4 nitrogen and oxygen atoms in total. The monoisotopic (exact) mass is 244 g/mol. The third kappa shape index (κ3) is 3.98. The first-order chi connectivity index (χ1) is 7.67. The van der Waals surface area contributed by atoms with E-state index in [4.69, 9.17) is 27.2 Å². The molecule has 0 saturated carbocycles. The summed E-state index contributed by atoms with van der Waals surface area (Å²) in [5.74, 6) is 0.787. The van der Waals surface area contributed by atoms with Crippen molar-refractivity contribution in [2.24, 2.45) is 5.73 Å². The summed E-state index contributed by atoms with van der Waals surface area (Å²) in [6, 6.07) is 5.21. The van der Waals surface area contributed by atoms with E-state index in [-0.39, 0.29) is 12.6 Å². The molecule has 0 fully saturated rings. The Morgan fingerprint density at radius 1 is 1.56 bits per heavy atom. The van der Waals surface area contributed by atoms with Crippen LogP contribution in [0.1, 0.15) is 5.56 Å². The number of methoxy groups -OCH3 is 1. The quantitative estimate of drug-likeness (QED) is 0.691. The van der Waals surface area contributed by atoms with E-state index in [2.05, 4.69) is 5.32 Å². The van der Waals surface area contributed by atoms with E-state index in [9.17, 15) is 0 Å². The fourth-order valence-electron chi connectivity index (χ4n) is 1.34. The normalized spacial score (nSPS) is 12.5. The van der Waals surface area contributed by atoms with Crippen molar-refractivity contribution in [2.45, 2.75) is 12.6 Å². The van der Waals surface area contributed by atoms with Gasteiger partial charge in [-0.1, -0.05) is 11.6 Å². The number of ether oxygens (including phenoxy) is 1. The van der Waals surface area contributed by atoms with Crippen molar-refractivity contribution in [3.8, 4) is 5.75 Å². The maximum absolute atomic E-state index is 8.77. The molecule has 0 saturated heterocycles. The highest BCUT2D eigenvalue weighted by molar-refractivity contribution is 6.30. The van der Waals surface area contributed by atoms with E-state index >= 15 is 0 Å². The molecule has 1 rings (SSSR count). The highest BCUT2D eigenvalue weighted by Gasteiger charge is 2.04. The largest absolute Gasteiger partial charge is 0.496 e. The molecular weight excluding hydrogens is 228 g/mol. The van der Waals surface area contributed by atoms with Crippen LogP contribution >= 0.6 is 11.6 Å². The summed E-state index contributed by atoms with van der Waals surface area (Å²) in [6.45, 7) is 1.13. The first-order valence-corrected chi connectivity index (χ1v) is 5.44. The van der Waals surface area contributed by atoms with Crippen LogP contribution in [0.5, 0.6) is 5.75 Å². The number of hydrogen-bond acceptors (Lipinski definition) is 4. The summed E-state index contributed by atoms with van der Waals surface area (Å²) < 4.78 is 5.20. The molecular formula is C11H17ClN2O2. The first kappa shape index (κ1) is 13.3. The number of aliphatic hydroxyl groups is 1. The summed E-state index contributed by atoms with van der Waals surface area (Å²) in [7, 11) is 1.62. The van der Waals surface area contributed by atoms with Crippen LogP contribution in [0.15, 0.2) is 18.2 Å². The number of aliphatic hydroxyl groups excluding tert-OH is 1. The summed E-state index contributed by atoms with van der Waals surface area (Å²) in [5, 5.41) is 12.6. The lowest BCUT2D eigenvalue weighted by molar-refractivity contribution is 0.262. The smallest absolute Gasteiger partial charge is 0.123 e. The summed E-state index contributed by atoms with van der Waals surface area (Å²) in [5.41, 5.74) is 6.54. The SMILES string of the molecule is COc1ccc(Cl)cc1CNCC(N)CO. The lowest BCUT2D eigenvalue weighted by Gasteiger charge is -2.12. The molecule has 0 spiro atoms. The van der Waals surface area contributed by atoms with E-state index < -0.39 is 0 Å². The molecule has 4 N–H and O–H groups in total. The van der Waals surface area contributed by atoms with E-state index in [1.807, 2.05) is 12.1 Å². The third-order valence-electron chi connectivity index (χ3n) is 2.20. The van der Waals surface area contributed by atoms with Crippen LogP contribution in [0.4, 0.5) is 0 Å². The maximum Gasteiger partial charge on any atom is 0.123 e. The second kappa shape index (κ2) is 6.70. The zero-order chi connectivity index (χ0) is 12.0. The lowest BCUT2D eigenvalue weighted by Crippen LogP contribution is -2.36. The molecule has 0 aliphatic carbocycles. The van der Waals surface area contributed by atoms with Gasteiger partial charge in [-0.2, -0.15) is 0 Å². The van der Waals surface area contributed by atoms with Crippen molar-refractivity contribution in [1.82, 2.24) is 5.32 Å². The topological polar surface area (TPSA) is 67.5 Å². The molecule has 16 heavy (non-hydrogen) atoms. The van der Waals surface area contributed by atoms with Crippen molar-refractivity contribution in [1.29, 1.82) is 0 Å². The van der Waals surface area contributed by atoms with Gasteiger partial charge in [0, 0.05) is 29.7 Å². The van der Waals surface area contributed by atoms with Gasteiger partial charge in [-0.15, -0.1) is 0 Å². The summed E-state index contributed by atoms with van der Waals surface area (Å²) >= 11 is 5.89. The van der Waals surface area contributed by atoms with Crippen LogP contribution < -0.4 is 15.8 Å². The minimum absolute atomic E-state index is 0.0281. The Morgan fingerprint density at radius 3 is 2.94 bits per heavy atom.